The van der Waals surface area contributed by atoms with E-state index in [1.807, 2.05) is 29.2 Å². The number of nitrogens with zero attached hydrogens (tertiary/aromatic N) is 4. The Labute approximate surface area is 171 Å². The number of anilines is 1. The molecule has 152 valence electrons. The minimum absolute atomic E-state index is 0.338. The van der Waals surface area contributed by atoms with Crippen LogP contribution in [0.1, 0.15) is 5.56 Å². The number of fused-ring (bicyclic) bond motifs is 3. The summed E-state index contributed by atoms with van der Waals surface area (Å²) in [7, 11) is 3.19. The lowest BCUT2D eigenvalue weighted by atomic mass is 10.1. The van der Waals surface area contributed by atoms with Gasteiger partial charge >= 0.3 is 6.03 Å². The summed E-state index contributed by atoms with van der Waals surface area (Å²) in [6, 6.07) is 12.4. The molecule has 0 spiro atoms. The highest BCUT2D eigenvalue weighted by Gasteiger charge is 2.52. The summed E-state index contributed by atoms with van der Waals surface area (Å²) in [5.41, 5.74) is 2.25. The first-order valence-corrected chi connectivity index (χ1v) is 9.33. The van der Waals surface area contributed by atoms with Gasteiger partial charge in [0.25, 0.3) is 5.91 Å². The van der Waals surface area contributed by atoms with E-state index in [4.69, 9.17) is 9.73 Å². The summed E-state index contributed by atoms with van der Waals surface area (Å²) < 4.78 is 18.9. The Bertz CT molecular complexity index is 1110. The van der Waals surface area contributed by atoms with Gasteiger partial charge in [0.2, 0.25) is 5.96 Å². The van der Waals surface area contributed by atoms with Crippen molar-refractivity contribution in [3.05, 3.63) is 66.1 Å². The third-order valence-corrected chi connectivity index (χ3v) is 5.43. The van der Waals surface area contributed by atoms with Gasteiger partial charge in [0.05, 0.1) is 18.5 Å². The number of amides is 3. The highest BCUT2D eigenvalue weighted by molar-refractivity contribution is 6.16. The number of hydrogen-bond acceptors (Lipinski definition) is 6. The third kappa shape index (κ3) is 2.62. The molecule has 30 heavy (non-hydrogen) atoms. The number of carbonyl (C=O) groups excluding carboxylic acids is 2. The molecule has 0 radical (unpaired) electrons. The van der Waals surface area contributed by atoms with E-state index in [1.165, 1.54) is 17.0 Å². The predicted octanol–water partition coefficient (Wildman–Crippen LogP) is 2.20. The van der Waals surface area contributed by atoms with E-state index >= 15 is 0 Å². The Morgan fingerprint density at radius 2 is 1.90 bits per heavy atom. The lowest BCUT2D eigenvalue weighted by molar-refractivity contribution is -0.126. The molecule has 0 aromatic heterocycles. The van der Waals surface area contributed by atoms with Crippen LogP contribution in [0, 0.1) is 5.82 Å². The van der Waals surface area contributed by atoms with Gasteiger partial charge in [-0.1, -0.05) is 6.07 Å². The maximum atomic E-state index is 13.5. The smallest absolute Gasteiger partial charge is 0.325 e. The molecular formula is C21H18FN5O3. The minimum Gasteiger partial charge on any atom is -0.497 e. The molecule has 3 aliphatic heterocycles. The van der Waals surface area contributed by atoms with Crippen LogP contribution >= 0.6 is 0 Å². The largest absolute Gasteiger partial charge is 0.497 e. The summed E-state index contributed by atoms with van der Waals surface area (Å²) >= 11 is 0. The van der Waals surface area contributed by atoms with E-state index in [9.17, 15) is 14.0 Å². The summed E-state index contributed by atoms with van der Waals surface area (Å²) in [6.07, 6.45) is 1.17. The first-order valence-electron chi connectivity index (χ1n) is 9.33. The van der Waals surface area contributed by atoms with Gasteiger partial charge in [0, 0.05) is 24.9 Å². The number of benzene rings is 2. The zero-order chi connectivity index (χ0) is 21.0. The van der Waals surface area contributed by atoms with Crippen molar-refractivity contribution in [1.82, 2.24) is 15.1 Å². The van der Waals surface area contributed by atoms with Gasteiger partial charge in [-0.2, -0.15) is 0 Å². The molecule has 2 aromatic rings. The van der Waals surface area contributed by atoms with Crippen molar-refractivity contribution in [3.8, 4) is 5.75 Å². The molecule has 1 fully saturated rings. The minimum atomic E-state index is -0.686. The zero-order valence-corrected chi connectivity index (χ0v) is 16.2. The van der Waals surface area contributed by atoms with Crippen LogP contribution in [0.5, 0.6) is 5.75 Å². The topological polar surface area (TPSA) is 77.5 Å². The van der Waals surface area contributed by atoms with Crippen molar-refractivity contribution in [2.75, 3.05) is 19.1 Å². The number of likely N-dealkylation sites (N-methyl/N-ethyl adjacent to an activating group) is 1. The number of ether oxygens (including phenoxy) is 1. The van der Waals surface area contributed by atoms with Crippen LogP contribution < -0.4 is 15.0 Å². The van der Waals surface area contributed by atoms with Crippen molar-refractivity contribution in [2.45, 2.75) is 12.2 Å². The van der Waals surface area contributed by atoms with Crippen LogP contribution in [0.4, 0.5) is 14.9 Å². The summed E-state index contributed by atoms with van der Waals surface area (Å²) in [5, 5.41) is 2.36. The summed E-state index contributed by atoms with van der Waals surface area (Å²) in [4.78, 5) is 34.4. The molecule has 3 aliphatic rings. The highest BCUT2D eigenvalue weighted by atomic mass is 19.1. The number of aliphatic imine (C=N–C) groups is 1. The van der Waals surface area contributed by atoms with Gasteiger partial charge < -0.3 is 9.64 Å². The predicted molar refractivity (Wildman–Crippen MR) is 108 cm³/mol. The van der Waals surface area contributed by atoms with Crippen molar-refractivity contribution in [2.24, 2.45) is 4.99 Å². The Kier molecular flexibility index (Phi) is 3.99. The number of urea groups is 1. The van der Waals surface area contributed by atoms with Crippen LogP contribution in [0.15, 0.2) is 59.7 Å². The average Bonchev–Trinajstić information content (AvgIpc) is 3.29. The lowest BCUT2D eigenvalue weighted by Gasteiger charge is -2.34. The number of hydrogen-bond donors (Lipinski definition) is 1. The fourth-order valence-corrected chi connectivity index (χ4v) is 3.91. The molecule has 3 amide bonds. The standard InChI is InChI=1S/C21H18FN5O3/c1-25-18-17(19(28)24-21(25)29)26-11-16(12-6-8-13(22)9-7-12)27(20(26)23-18)14-4-3-5-15(10-14)30-2/h3-11,17-18H,1-2H3,(H,24,28,29). The number of methoxy groups -OCH3 is 1. The molecule has 0 bridgehead atoms. The number of halogens is 1. The van der Waals surface area contributed by atoms with E-state index in [-0.39, 0.29) is 5.82 Å². The molecule has 2 unspecified atom stereocenters. The van der Waals surface area contributed by atoms with Gasteiger partial charge in [-0.25, -0.2) is 14.2 Å². The molecule has 1 saturated heterocycles. The van der Waals surface area contributed by atoms with E-state index in [0.717, 1.165) is 16.9 Å². The molecule has 2 atom stereocenters. The van der Waals surface area contributed by atoms with Crippen molar-refractivity contribution in [3.63, 3.8) is 0 Å². The quantitative estimate of drug-likeness (QED) is 0.844. The maximum Gasteiger partial charge on any atom is 0.325 e. The summed E-state index contributed by atoms with van der Waals surface area (Å²) in [6.45, 7) is 0. The molecule has 1 N–H and O–H groups in total. The SMILES string of the molecule is COc1cccc(N2C(c3ccc(F)cc3)=CN3C2=NC2C3C(=O)NC(=O)N2C)c1. The van der Waals surface area contributed by atoms with Crippen molar-refractivity contribution < 1.29 is 18.7 Å². The van der Waals surface area contributed by atoms with Crippen LogP contribution in [0.3, 0.4) is 0 Å². The maximum absolute atomic E-state index is 13.5. The first kappa shape index (κ1) is 18.2. The Morgan fingerprint density at radius 1 is 1.13 bits per heavy atom. The van der Waals surface area contributed by atoms with Crippen LogP contribution in [0.25, 0.3) is 5.70 Å². The lowest BCUT2D eigenvalue weighted by Crippen LogP contribution is -2.62. The van der Waals surface area contributed by atoms with E-state index in [2.05, 4.69) is 5.32 Å². The zero-order valence-electron chi connectivity index (χ0n) is 16.2. The highest BCUT2D eigenvalue weighted by Crippen LogP contribution is 2.39. The average molecular weight is 407 g/mol. The third-order valence-electron chi connectivity index (χ3n) is 5.43. The summed E-state index contributed by atoms with van der Waals surface area (Å²) in [5.74, 6) is 0.416. The molecule has 3 heterocycles. The molecule has 9 heteroatoms. The van der Waals surface area contributed by atoms with Gasteiger partial charge in [0.1, 0.15) is 11.6 Å². The molecule has 2 aromatic carbocycles. The Balaban J connectivity index is 1.65. The van der Waals surface area contributed by atoms with Gasteiger partial charge in [0.15, 0.2) is 12.2 Å². The second-order valence-corrected chi connectivity index (χ2v) is 7.16. The van der Waals surface area contributed by atoms with Gasteiger partial charge in [-0.15, -0.1) is 0 Å². The van der Waals surface area contributed by atoms with E-state index in [0.29, 0.717) is 11.7 Å². The fourth-order valence-electron chi connectivity index (χ4n) is 3.91. The molecule has 0 saturated carbocycles. The van der Waals surface area contributed by atoms with Crippen molar-refractivity contribution in [1.29, 1.82) is 0 Å². The first-order chi connectivity index (χ1) is 14.5. The van der Waals surface area contributed by atoms with Crippen LogP contribution in [-0.4, -0.2) is 54.1 Å². The number of guanidine groups is 1. The monoisotopic (exact) mass is 407 g/mol. The number of nitrogens with one attached hydrogen (secondary N) is 1. The van der Waals surface area contributed by atoms with Crippen molar-refractivity contribution >= 4 is 29.3 Å². The number of imide groups is 1. The van der Waals surface area contributed by atoms with E-state index < -0.39 is 24.1 Å². The molecule has 0 aliphatic carbocycles. The number of rotatable bonds is 3. The normalized spacial score (nSPS) is 22.4. The van der Waals surface area contributed by atoms with Gasteiger partial charge in [-0.05, 0) is 36.4 Å². The van der Waals surface area contributed by atoms with Crippen LogP contribution in [0.2, 0.25) is 0 Å². The number of carbonyl (C=O) groups is 2. The Hall–Kier alpha value is -3.88. The van der Waals surface area contributed by atoms with Crippen LogP contribution in [-0.2, 0) is 4.79 Å². The molecule has 8 nitrogen and oxygen atoms in total. The van der Waals surface area contributed by atoms with E-state index in [1.54, 1.807) is 37.4 Å². The molecular weight excluding hydrogens is 389 g/mol. The fraction of sp³-hybridized carbons (Fsp3) is 0.190. The molecule has 5 rings (SSSR count). The Morgan fingerprint density at radius 3 is 2.63 bits per heavy atom. The second kappa shape index (κ2) is 6.58. The second-order valence-electron chi connectivity index (χ2n) is 7.16. The van der Waals surface area contributed by atoms with Gasteiger partial charge in [-0.3, -0.25) is 19.9 Å².